The maximum atomic E-state index is 12.5. The molecular weight excluding hydrogens is 298 g/mol. The number of hydrogen-bond acceptors (Lipinski definition) is 7. The number of tetrazole rings is 1. The van der Waals surface area contributed by atoms with E-state index in [2.05, 4.69) is 20.8 Å². The minimum atomic E-state index is -0.335. The lowest BCUT2D eigenvalue weighted by Crippen LogP contribution is -2.31. The number of carbonyl (C=O) groups is 1. The van der Waals surface area contributed by atoms with Crippen molar-refractivity contribution in [1.29, 1.82) is 0 Å². The van der Waals surface area contributed by atoms with E-state index in [0.717, 1.165) is 29.7 Å². The highest BCUT2D eigenvalue weighted by molar-refractivity contribution is 5.99. The molecule has 1 N–H and O–H groups in total. The van der Waals surface area contributed by atoms with Gasteiger partial charge < -0.3 is 14.8 Å². The van der Waals surface area contributed by atoms with E-state index in [1.54, 1.807) is 4.68 Å². The van der Waals surface area contributed by atoms with E-state index in [9.17, 15) is 4.79 Å². The van der Waals surface area contributed by atoms with Gasteiger partial charge >= 0.3 is 0 Å². The van der Waals surface area contributed by atoms with Gasteiger partial charge in [-0.25, -0.2) is 0 Å². The van der Waals surface area contributed by atoms with Gasteiger partial charge in [-0.1, -0.05) is 11.2 Å². The topological polar surface area (TPSA) is 91.2 Å². The van der Waals surface area contributed by atoms with E-state index in [1.807, 2.05) is 18.2 Å². The van der Waals surface area contributed by atoms with Gasteiger partial charge in [0.2, 0.25) is 12.7 Å². The lowest BCUT2D eigenvalue weighted by Gasteiger charge is -2.31. The van der Waals surface area contributed by atoms with Gasteiger partial charge in [-0.15, -0.1) is 0 Å². The first-order valence-electron chi connectivity index (χ1n) is 7.52. The van der Waals surface area contributed by atoms with Crippen molar-refractivity contribution in [3.8, 4) is 11.5 Å². The summed E-state index contributed by atoms with van der Waals surface area (Å²) >= 11 is 0. The normalized spacial score (nSPS) is 21.7. The van der Waals surface area contributed by atoms with E-state index in [1.165, 1.54) is 0 Å². The van der Waals surface area contributed by atoms with E-state index in [-0.39, 0.29) is 18.6 Å². The van der Waals surface area contributed by atoms with E-state index < -0.39 is 0 Å². The van der Waals surface area contributed by atoms with Crippen LogP contribution in [0, 0.1) is 0 Å². The highest BCUT2D eigenvalue weighted by Crippen LogP contribution is 2.42. The summed E-state index contributed by atoms with van der Waals surface area (Å²) in [5.41, 5.74) is 2.58. The quantitative estimate of drug-likeness (QED) is 0.851. The van der Waals surface area contributed by atoms with Crippen LogP contribution in [-0.2, 0) is 4.79 Å². The number of nitrogens with zero attached hydrogens (tertiary/aromatic N) is 4. The van der Waals surface area contributed by atoms with Crippen molar-refractivity contribution in [2.75, 3.05) is 12.1 Å². The predicted octanol–water partition coefficient (Wildman–Crippen LogP) is 1.42. The van der Waals surface area contributed by atoms with Crippen molar-refractivity contribution in [1.82, 2.24) is 20.2 Å². The molecule has 8 heteroatoms. The minimum Gasteiger partial charge on any atom is -0.454 e. The molecule has 5 rings (SSSR count). The fourth-order valence-corrected chi connectivity index (χ4v) is 3.41. The van der Waals surface area contributed by atoms with E-state index in [4.69, 9.17) is 9.47 Å². The molecule has 8 nitrogen and oxygen atoms in total. The predicted molar refractivity (Wildman–Crippen MR) is 78.0 cm³/mol. The molecule has 0 amide bonds. The van der Waals surface area contributed by atoms with Gasteiger partial charge in [0.25, 0.3) is 0 Å². The first kappa shape index (κ1) is 12.6. The number of benzene rings is 1. The molecule has 0 bridgehead atoms. The van der Waals surface area contributed by atoms with Crippen LogP contribution in [0.15, 0.2) is 29.5 Å². The third-order valence-electron chi connectivity index (χ3n) is 4.44. The number of carbonyl (C=O) groups excluding carboxylic acids is 1. The Hall–Kier alpha value is -2.90. The maximum Gasteiger partial charge on any atom is 0.248 e. The highest BCUT2D eigenvalue weighted by atomic mass is 16.7. The molecule has 0 spiro atoms. The number of nitrogens with one attached hydrogen (secondary N) is 1. The summed E-state index contributed by atoms with van der Waals surface area (Å²) in [5.74, 6) is 2.09. The molecular formula is C15H13N5O3. The second-order valence-electron chi connectivity index (χ2n) is 5.76. The summed E-state index contributed by atoms with van der Waals surface area (Å²) in [4.78, 5) is 12.5. The molecule has 0 fully saturated rings. The average Bonchev–Trinajstić information content (AvgIpc) is 3.21. The van der Waals surface area contributed by atoms with E-state index >= 15 is 0 Å². The monoisotopic (exact) mass is 311 g/mol. The fourth-order valence-electron chi connectivity index (χ4n) is 3.41. The highest BCUT2D eigenvalue weighted by Gasteiger charge is 2.37. The molecule has 1 unspecified atom stereocenters. The zero-order chi connectivity index (χ0) is 15.4. The Morgan fingerprint density at radius 3 is 3.09 bits per heavy atom. The van der Waals surface area contributed by atoms with Gasteiger partial charge in [0.1, 0.15) is 6.04 Å². The molecule has 1 aromatic heterocycles. The van der Waals surface area contributed by atoms with Crippen LogP contribution in [0.25, 0.3) is 0 Å². The number of aromatic nitrogens is 4. The minimum absolute atomic E-state index is 0.141. The summed E-state index contributed by atoms with van der Waals surface area (Å²) in [5, 5.41) is 15.0. The summed E-state index contributed by atoms with van der Waals surface area (Å²) in [6, 6.07) is 5.35. The molecule has 0 radical (unpaired) electrons. The third kappa shape index (κ3) is 1.77. The lowest BCUT2D eigenvalue weighted by atomic mass is 9.85. The fraction of sp³-hybridized carbons (Fsp3) is 0.333. The van der Waals surface area contributed by atoms with Gasteiger partial charge in [0.15, 0.2) is 17.3 Å². The Balaban J connectivity index is 1.70. The smallest absolute Gasteiger partial charge is 0.248 e. The van der Waals surface area contributed by atoms with Crippen LogP contribution in [0.1, 0.15) is 30.9 Å². The van der Waals surface area contributed by atoms with Crippen molar-refractivity contribution in [2.24, 2.45) is 0 Å². The Labute approximate surface area is 131 Å². The molecule has 1 aromatic carbocycles. The van der Waals surface area contributed by atoms with Crippen LogP contribution in [0.5, 0.6) is 11.5 Å². The molecule has 3 aliphatic rings. The largest absolute Gasteiger partial charge is 0.454 e. The number of allylic oxidation sites excluding steroid dienone is 2. The van der Waals surface area contributed by atoms with Gasteiger partial charge in [0.05, 0.1) is 0 Å². The Morgan fingerprint density at radius 1 is 1.22 bits per heavy atom. The van der Waals surface area contributed by atoms with Crippen LogP contribution in [0.3, 0.4) is 0 Å². The number of fused-ring (bicyclic) bond motifs is 2. The summed E-state index contributed by atoms with van der Waals surface area (Å²) in [7, 11) is 0. The van der Waals surface area contributed by atoms with Crippen molar-refractivity contribution in [3.63, 3.8) is 0 Å². The molecule has 1 aliphatic carbocycles. The zero-order valence-corrected chi connectivity index (χ0v) is 12.2. The van der Waals surface area contributed by atoms with Crippen LogP contribution < -0.4 is 14.8 Å². The van der Waals surface area contributed by atoms with Crippen LogP contribution >= 0.6 is 0 Å². The number of rotatable bonds is 1. The molecule has 3 heterocycles. The lowest BCUT2D eigenvalue weighted by molar-refractivity contribution is -0.116. The van der Waals surface area contributed by atoms with Gasteiger partial charge in [-0.05, 0) is 41.0 Å². The van der Waals surface area contributed by atoms with Crippen LogP contribution in [0.4, 0.5) is 5.95 Å². The van der Waals surface area contributed by atoms with Gasteiger partial charge in [-0.3, -0.25) is 4.79 Å². The number of Topliss-reactive ketones (excluding diaryl/α,β-unsaturated/α-hetero) is 1. The summed E-state index contributed by atoms with van der Waals surface area (Å²) in [6.07, 6.45) is 2.23. The van der Waals surface area contributed by atoms with Crippen LogP contribution in [-0.4, -0.2) is 32.8 Å². The molecule has 2 aromatic rings. The molecule has 23 heavy (non-hydrogen) atoms. The standard InChI is InChI=1S/C15H13N5O3/c21-10-3-1-2-9-13(10)14(20-15(16-9)17-18-19-20)8-4-5-11-12(6-8)23-7-22-11/h4-6,14H,1-3,7H2,(H,16,17,19). The van der Waals surface area contributed by atoms with Crippen molar-refractivity contribution >= 4 is 11.7 Å². The maximum absolute atomic E-state index is 12.5. The number of ketones is 1. The van der Waals surface area contributed by atoms with Crippen molar-refractivity contribution in [2.45, 2.75) is 25.3 Å². The Bertz CT molecular complexity index is 857. The first-order valence-corrected chi connectivity index (χ1v) is 7.52. The second-order valence-corrected chi connectivity index (χ2v) is 5.76. The third-order valence-corrected chi connectivity index (χ3v) is 4.44. The zero-order valence-electron chi connectivity index (χ0n) is 12.2. The number of ether oxygens (including phenoxy) is 2. The molecule has 0 saturated carbocycles. The summed E-state index contributed by atoms with van der Waals surface area (Å²) < 4.78 is 12.5. The van der Waals surface area contributed by atoms with Gasteiger partial charge in [-0.2, -0.15) is 4.68 Å². The molecule has 1 atom stereocenters. The Morgan fingerprint density at radius 2 is 2.13 bits per heavy atom. The number of hydrogen-bond donors (Lipinski definition) is 1. The average molecular weight is 311 g/mol. The molecule has 116 valence electrons. The Kier molecular flexibility index (Phi) is 2.50. The van der Waals surface area contributed by atoms with Crippen molar-refractivity contribution in [3.05, 3.63) is 35.0 Å². The van der Waals surface area contributed by atoms with E-state index in [0.29, 0.717) is 23.9 Å². The number of anilines is 1. The summed E-state index contributed by atoms with van der Waals surface area (Å²) in [6.45, 7) is 0.216. The van der Waals surface area contributed by atoms with Crippen LogP contribution in [0.2, 0.25) is 0 Å². The SMILES string of the molecule is O=C1CCCC2=C1C(c1ccc3c(c1)OCO3)n1nnnc1N2. The van der Waals surface area contributed by atoms with Crippen molar-refractivity contribution < 1.29 is 14.3 Å². The first-order chi connectivity index (χ1) is 11.3. The molecule has 2 aliphatic heterocycles. The van der Waals surface area contributed by atoms with Gasteiger partial charge in [0, 0.05) is 17.7 Å². The molecule has 0 saturated heterocycles. The second kappa shape index (κ2) is 4.55.